The molecule has 0 aromatic carbocycles. The lowest BCUT2D eigenvalue weighted by Gasteiger charge is -2.17. The highest BCUT2D eigenvalue weighted by molar-refractivity contribution is 6.33. The number of hydrogen-bond donors (Lipinski definition) is 1. The lowest BCUT2D eigenvalue weighted by atomic mass is 10.2. The number of pyridine rings is 1. The predicted octanol–water partition coefficient (Wildman–Crippen LogP) is 2.62. The molecule has 0 radical (unpaired) electrons. The molecular formula is C16H18ClN5O. The molecule has 0 bridgehead atoms. The lowest BCUT2D eigenvalue weighted by molar-refractivity contribution is 0.0934. The molecule has 23 heavy (non-hydrogen) atoms. The molecule has 1 N–H and O–H groups in total. The van der Waals surface area contributed by atoms with Crippen LogP contribution >= 0.6 is 11.6 Å². The maximum absolute atomic E-state index is 12.5. The third-order valence-corrected chi connectivity index (χ3v) is 4.09. The van der Waals surface area contributed by atoms with Gasteiger partial charge in [-0.1, -0.05) is 17.7 Å². The molecule has 1 aliphatic rings. The summed E-state index contributed by atoms with van der Waals surface area (Å²) >= 11 is 6.11. The number of amides is 1. The second-order valence-corrected chi connectivity index (χ2v) is 5.92. The van der Waals surface area contributed by atoms with Crippen molar-refractivity contribution in [3.8, 4) is 0 Å². The summed E-state index contributed by atoms with van der Waals surface area (Å²) < 4.78 is 0. The predicted molar refractivity (Wildman–Crippen MR) is 88.6 cm³/mol. The number of carbonyl (C=O) groups is 1. The maximum Gasteiger partial charge on any atom is 0.272 e. The van der Waals surface area contributed by atoms with Crippen molar-refractivity contribution < 1.29 is 4.79 Å². The van der Waals surface area contributed by atoms with Gasteiger partial charge in [-0.05, 0) is 31.9 Å². The summed E-state index contributed by atoms with van der Waals surface area (Å²) in [4.78, 5) is 27.4. The van der Waals surface area contributed by atoms with E-state index in [-0.39, 0.29) is 22.7 Å². The molecular weight excluding hydrogens is 314 g/mol. The summed E-state index contributed by atoms with van der Waals surface area (Å²) in [5.74, 6) is 0.235. The van der Waals surface area contributed by atoms with Crippen molar-refractivity contribution in [3.05, 3.63) is 47.0 Å². The molecule has 1 fully saturated rings. The van der Waals surface area contributed by atoms with Gasteiger partial charge in [0.15, 0.2) is 5.69 Å². The summed E-state index contributed by atoms with van der Waals surface area (Å²) in [6.45, 7) is 3.69. The van der Waals surface area contributed by atoms with Crippen molar-refractivity contribution in [3.63, 3.8) is 0 Å². The maximum atomic E-state index is 12.5. The highest BCUT2D eigenvalue weighted by Gasteiger charge is 2.21. The van der Waals surface area contributed by atoms with Crippen LogP contribution in [-0.2, 0) is 0 Å². The molecule has 3 heterocycles. The van der Waals surface area contributed by atoms with E-state index in [9.17, 15) is 4.79 Å². The average molecular weight is 332 g/mol. The Kier molecular flexibility index (Phi) is 4.71. The van der Waals surface area contributed by atoms with E-state index in [0.717, 1.165) is 31.6 Å². The average Bonchev–Trinajstić information content (AvgIpc) is 3.10. The van der Waals surface area contributed by atoms with E-state index in [1.165, 1.54) is 6.20 Å². The van der Waals surface area contributed by atoms with Gasteiger partial charge in [-0.3, -0.25) is 9.78 Å². The molecule has 0 spiro atoms. The van der Waals surface area contributed by atoms with E-state index in [4.69, 9.17) is 11.6 Å². The van der Waals surface area contributed by atoms with Crippen LogP contribution in [-0.4, -0.2) is 33.9 Å². The Labute approximate surface area is 139 Å². The zero-order valence-corrected chi connectivity index (χ0v) is 13.6. The van der Waals surface area contributed by atoms with E-state index in [1.54, 1.807) is 6.20 Å². The van der Waals surface area contributed by atoms with E-state index in [2.05, 4.69) is 25.2 Å². The van der Waals surface area contributed by atoms with Crippen LogP contribution in [0.5, 0.6) is 0 Å². The standard InChI is InChI=1S/C16H18ClN5O/c1-11(13-6-2-3-7-18-13)20-15(23)14-12(17)10-19-16(21-14)22-8-4-5-9-22/h2-3,6-7,10-11H,4-5,8-9H2,1H3,(H,20,23). The van der Waals surface area contributed by atoms with E-state index in [0.29, 0.717) is 5.95 Å². The molecule has 1 amide bonds. The summed E-state index contributed by atoms with van der Waals surface area (Å²) in [6, 6.07) is 5.35. The van der Waals surface area contributed by atoms with Crippen LogP contribution in [0, 0.1) is 0 Å². The van der Waals surface area contributed by atoms with Crippen LogP contribution in [0.4, 0.5) is 5.95 Å². The summed E-state index contributed by atoms with van der Waals surface area (Å²) in [5, 5.41) is 3.13. The fraction of sp³-hybridized carbons (Fsp3) is 0.375. The van der Waals surface area contributed by atoms with Gasteiger partial charge in [-0.15, -0.1) is 0 Å². The van der Waals surface area contributed by atoms with Gasteiger partial charge < -0.3 is 10.2 Å². The van der Waals surface area contributed by atoms with E-state index < -0.39 is 0 Å². The van der Waals surface area contributed by atoms with Crippen molar-refractivity contribution in [2.75, 3.05) is 18.0 Å². The molecule has 0 aliphatic carbocycles. The van der Waals surface area contributed by atoms with Crippen LogP contribution in [0.1, 0.15) is 42.0 Å². The minimum Gasteiger partial charge on any atom is -0.343 e. The molecule has 2 aromatic rings. The van der Waals surface area contributed by atoms with Crippen molar-refractivity contribution >= 4 is 23.5 Å². The first kappa shape index (κ1) is 15.7. The number of carbonyl (C=O) groups excluding carboxylic acids is 1. The van der Waals surface area contributed by atoms with Gasteiger partial charge in [0.25, 0.3) is 5.91 Å². The summed E-state index contributed by atoms with van der Waals surface area (Å²) in [5.41, 5.74) is 0.983. The summed E-state index contributed by atoms with van der Waals surface area (Å²) in [7, 11) is 0. The molecule has 6 nitrogen and oxygen atoms in total. The molecule has 0 saturated carbocycles. The first-order chi connectivity index (χ1) is 11.1. The number of rotatable bonds is 4. The zero-order chi connectivity index (χ0) is 16.2. The molecule has 7 heteroatoms. The third kappa shape index (κ3) is 3.59. The molecule has 1 saturated heterocycles. The van der Waals surface area contributed by atoms with Crippen LogP contribution in [0.3, 0.4) is 0 Å². The smallest absolute Gasteiger partial charge is 0.272 e. The number of hydrogen-bond acceptors (Lipinski definition) is 5. The van der Waals surface area contributed by atoms with Crippen LogP contribution < -0.4 is 10.2 Å². The fourth-order valence-corrected chi connectivity index (χ4v) is 2.73. The normalized spacial score (nSPS) is 15.5. The largest absolute Gasteiger partial charge is 0.343 e. The molecule has 3 rings (SSSR count). The number of nitrogens with zero attached hydrogens (tertiary/aromatic N) is 4. The van der Waals surface area contributed by atoms with Crippen molar-refractivity contribution in [1.82, 2.24) is 20.3 Å². The SMILES string of the molecule is CC(NC(=O)c1nc(N2CCCC2)ncc1Cl)c1ccccn1. The second-order valence-electron chi connectivity index (χ2n) is 5.51. The Morgan fingerprint density at radius 2 is 2.09 bits per heavy atom. The highest BCUT2D eigenvalue weighted by atomic mass is 35.5. The molecule has 1 unspecified atom stereocenters. The van der Waals surface area contributed by atoms with Gasteiger partial charge in [0.05, 0.1) is 23.0 Å². The number of halogens is 1. The second kappa shape index (κ2) is 6.91. The first-order valence-corrected chi connectivity index (χ1v) is 8.02. The topological polar surface area (TPSA) is 71.0 Å². The zero-order valence-electron chi connectivity index (χ0n) is 12.9. The molecule has 2 aromatic heterocycles. The Morgan fingerprint density at radius 3 is 2.78 bits per heavy atom. The van der Waals surface area contributed by atoms with Crippen molar-refractivity contribution in [2.45, 2.75) is 25.8 Å². The molecule has 120 valence electrons. The first-order valence-electron chi connectivity index (χ1n) is 7.64. The van der Waals surface area contributed by atoms with Gasteiger partial charge in [0.2, 0.25) is 5.95 Å². The Morgan fingerprint density at radius 1 is 1.30 bits per heavy atom. The Bertz CT molecular complexity index is 688. The van der Waals surface area contributed by atoms with Crippen LogP contribution in [0.2, 0.25) is 5.02 Å². The van der Waals surface area contributed by atoms with Crippen LogP contribution in [0.15, 0.2) is 30.6 Å². The van der Waals surface area contributed by atoms with Gasteiger partial charge in [0.1, 0.15) is 0 Å². The summed E-state index contributed by atoms with van der Waals surface area (Å²) in [6.07, 6.45) is 5.41. The van der Waals surface area contributed by atoms with Crippen molar-refractivity contribution in [1.29, 1.82) is 0 Å². The number of nitrogens with one attached hydrogen (secondary N) is 1. The van der Waals surface area contributed by atoms with Crippen LogP contribution in [0.25, 0.3) is 0 Å². The molecule has 1 atom stereocenters. The monoisotopic (exact) mass is 331 g/mol. The van der Waals surface area contributed by atoms with Crippen molar-refractivity contribution in [2.24, 2.45) is 0 Å². The van der Waals surface area contributed by atoms with Gasteiger partial charge in [-0.2, -0.15) is 0 Å². The number of aromatic nitrogens is 3. The number of anilines is 1. The van der Waals surface area contributed by atoms with E-state index >= 15 is 0 Å². The Hall–Kier alpha value is -2.21. The lowest BCUT2D eigenvalue weighted by Crippen LogP contribution is -2.29. The third-order valence-electron chi connectivity index (χ3n) is 3.81. The minimum atomic E-state index is -0.323. The van der Waals surface area contributed by atoms with Gasteiger partial charge in [0, 0.05) is 19.3 Å². The Balaban J connectivity index is 1.77. The van der Waals surface area contributed by atoms with E-state index in [1.807, 2.05) is 25.1 Å². The molecule has 1 aliphatic heterocycles. The van der Waals surface area contributed by atoms with Gasteiger partial charge in [-0.25, -0.2) is 9.97 Å². The van der Waals surface area contributed by atoms with Gasteiger partial charge >= 0.3 is 0 Å². The fourth-order valence-electron chi connectivity index (χ4n) is 2.56. The minimum absolute atomic E-state index is 0.200. The highest BCUT2D eigenvalue weighted by Crippen LogP contribution is 2.20. The quantitative estimate of drug-likeness (QED) is 0.932.